The van der Waals surface area contributed by atoms with Crippen LogP contribution in [0.4, 0.5) is 0 Å². The first kappa shape index (κ1) is 12.4. The Balaban J connectivity index is 1.99. The van der Waals surface area contributed by atoms with E-state index in [-0.39, 0.29) is 0 Å². The van der Waals surface area contributed by atoms with E-state index in [2.05, 4.69) is 32.6 Å². The lowest BCUT2D eigenvalue weighted by Gasteiger charge is -2.47. The van der Waals surface area contributed by atoms with Crippen LogP contribution in [0.15, 0.2) is 0 Å². The van der Waals surface area contributed by atoms with Crippen molar-refractivity contribution in [2.24, 2.45) is 17.1 Å². The summed E-state index contributed by atoms with van der Waals surface area (Å²) in [4.78, 5) is 2.62. The second kappa shape index (κ2) is 3.99. The molecule has 1 saturated heterocycles. The number of nitrogens with two attached hydrogens (primary N) is 1. The van der Waals surface area contributed by atoms with E-state index in [0.29, 0.717) is 17.0 Å². The fourth-order valence-corrected chi connectivity index (χ4v) is 3.81. The third-order valence-electron chi connectivity index (χ3n) is 4.91. The van der Waals surface area contributed by atoms with E-state index in [1.165, 1.54) is 38.8 Å². The van der Waals surface area contributed by atoms with Crippen LogP contribution in [0.5, 0.6) is 0 Å². The average molecular weight is 224 g/mol. The van der Waals surface area contributed by atoms with Crippen molar-refractivity contribution in [2.45, 2.75) is 65.0 Å². The molecule has 0 bridgehead atoms. The molecule has 0 unspecified atom stereocenters. The van der Waals surface area contributed by atoms with Crippen molar-refractivity contribution >= 4 is 0 Å². The summed E-state index contributed by atoms with van der Waals surface area (Å²) in [7, 11) is 0. The molecule has 1 saturated carbocycles. The predicted molar refractivity (Wildman–Crippen MR) is 69.4 cm³/mol. The van der Waals surface area contributed by atoms with Crippen molar-refractivity contribution in [2.75, 3.05) is 13.1 Å². The van der Waals surface area contributed by atoms with Crippen LogP contribution in [-0.2, 0) is 0 Å². The monoisotopic (exact) mass is 224 g/mol. The molecule has 2 aliphatic rings. The van der Waals surface area contributed by atoms with E-state index in [4.69, 9.17) is 5.73 Å². The van der Waals surface area contributed by atoms with Crippen LogP contribution in [0.2, 0.25) is 0 Å². The number of likely N-dealkylation sites (tertiary alicyclic amines) is 1. The molecule has 2 atom stereocenters. The topological polar surface area (TPSA) is 29.3 Å². The molecule has 2 heteroatoms. The van der Waals surface area contributed by atoms with E-state index in [1.807, 2.05) is 0 Å². The lowest BCUT2D eigenvalue weighted by Crippen LogP contribution is -2.52. The summed E-state index contributed by atoms with van der Waals surface area (Å²) in [6.45, 7) is 11.8. The predicted octanol–water partition coefficient (Wildman–Crippen LogP) is 2.62. The molecule has 0 aromatic heterocycles. The highest BCUT2D eigenvalue weighted by atomic mass is 15.2. The maximum Gasteiger partial charge on any atom is 0.0125 e. The standard InChI is InChI=1S/C14H28N2/c1-11-9-12(15)14(10-11)5-7-16(8-6-14)13(2,3)4/h11-12H,5-10,15H2,1-4H3/t11-,12-/m1/s1. The Bertz CT molecular complexity index is 246. The molecule has 2 fully saturated rings. The molecule has 1 aliphatic heterocycles. The second-order valence-corrected chi connectivity index (χ2v) is 7.17. The van der Waals surface area contributed by atoms with E-state index in [1.54, 1.807) is 0 Å². The molecule has 1 heterocycles. The molecular weight excluding hydrogens is 196 g/mol. The van der Waals surface area contributed by atoms with Crippen molar-refractivity contribution < 1.29 is 0 Å². The van der Waals surface area contributed by atoms with E-state index >= 15 is 0 Å². The Kier molecular flexibility index (Phi) is 3.09. The summed E-state index contributed by atoms with van der Waals surface area (Å²) in [5.41, 5.74) is 7.19. The summed E-state index contributed by atoms with van der Waals surface area (Å²) in [6, 6.07) is 0.463. The smallest absolute Gasteiger partial charge is 0.0125 e. The van der Waals surface area contributed by atoms with E-state index < -0.39 is 0 Å². The van der Waals surface area contributed by atoms with Gasteiger partial charge >= 0.3 is 0 Å². The van der Waals surface area contributed by atoms with Gasteiger partial charge < -0.3 is 5.73 Å². The van der Waals surface area contributed by atoms with Gasteiger partial charge in [-0.1, -0.05) is 6.92 Å². The highest BCUT2D eigenvalue weighted by Crippen LogP contribution is 2.48. The maximum absolute atomic E-state index is 6.37. The molecule has 16 heavy (non-hydrogen) atoms. The molecule has 0 aromatic rings. The Hall–Kier alpha value is -0.0800. The largest absolute Gasteiger partial charge is 0.327 e. The van der Waals surface area contributed by atoms with Gasteiger partial charge in [-0.15, -0.1) is 0 Å². The molecule has 1 spiro atoms. The minimum Gasteiger partial charge on any atom is -0.327 e. The van der Waals surface area contributed by atoms with Crippen LogP contribution < -0.4 is 5.73 Å². The SMILES string of the molecule is C[C@@H]1C[C@@H](N)C2(CCN(C(C)(C)C)CC2)C1. The molecule has 0 amide bonds. The first-order chi connectivity index (χ1) is 7.33. The first-order valence-electron chi connectivity index (χ1n) is 6.84. The Labute approximate surface area is 101 Å². The van der Waals surface area contributed by atoms with Crippen LogP contribution in [0.3, 0.4) is 0 Å². The van der Waals surface area contributed by atoms with Crippen LogP contribution in [0.25, 0.3) is 0 Å². The van der Waals surface area contributed by atoms with Crippen LogP contribution in [0.1, 0.15) is 53.4 Å². The van der Waals surface area contributed by atoms with Crippen LogP contribution in [-0.4, -0.2) is 29.6 Å². The highest BCUT2D eigenvalue weighted by molar-refractivity contribution is 5.01. The zero-order chi connectivity index (χ0) is 12.0. The fourth-order valence-electron chi connectivity index (χ4n) is 3.81. The van der Waals surface area contributed by atoms with Gasteiger partial charge in [0.2, 0.25) is 0 Å². The van der Waals surface area contributed by atoms with E-state index in [9.17, 15) is 0 Å². The maximum atomic E-state index is 6.37. The van der Waals surface area contributed by atoms with Crippen molar-refractivity contribution in [1.82, 2.24) is 4.90 Å². The minimum absolute atomic E-state index is 0.329. The van der Waals surface area contributed by atoms with Gasteiger partial charge in [0.1, 0.15) is 0 Å². The van der Waals surface area contributed by atoms with Crippen molar-refractivity contribution in [1.29, 1.82) is 0 Å². The van der Waals surface area contributed by atoms with Gasteiger partial charge in [0.25, 0.3) is 0 Å². The minimum atomic E-state index is 0.329. The van der Waals surface area contributed by atoms with E-state index in [0.717, 1.165) is 5.92 Å². The van der Waals surface area contributed by atoms with Gasteiger partial charge in [0, 0.05) is 11.6 Å². The molecule has 2 rings (SSSR count). The van der Waals surface area contributed by atoms with Crippen LogP contribution >= 0.6 is 0 Å². The Morgan fingerprint density at radius 3 is 2.12 bits per heavy atom. The zero-order valence-electron chi connectivity index (χ0n) is 11.4. The average Bonchev–Trinajstić information content (AvgIpc) is 2.41. The number of hydrogen-bond donors (Lipinski definition) is 1. The number of piperidine rings is 1. The fraction of sp³-hybridized carbons (Fsp3) is 1.00. The first-order valence-corrected chi connectivity index (χ1v) is 6.84. The van der Waals surface area contributed by atoms with Gasteiger partial charge in [-0.25, -0.2) is 0 Å². The molecule has 0 aromatic carbocycles. The summed E-state index contributed by atoms with van der Waals surface area (Å²) in [6.07, 6.45) is 5.24. The second-order valence-electron chi connectivity index (χ2n) is 7.17. The van der Waals surface area contributed by atoms with Crippen molar-refractivity contribution in [3.05, 3.63) is 0 Å². The lowest BCUT2D eigenvalue weighted by atomic mass is 9.73. The van der Waals surface area contributed by atoms with Gasteiger partial charge in [-0.2, -0.15) is 0 Å². The van der Waals surface area contributed by atoms with Crippen molar-refractivity contribution in [3.63, 3.8) is 0 Å². The highest BCUT2D eigenvalue weighted by Gasteiger charge is 2.46. The summed E-state index contributed by atoms with van der Waals surface area (Å²) >= 11 is 0. The third kappa shape index (κ3) is 2.14. The molecule has 2 nitrogen and oxygen atoms in total. The summed E-state index contributed by atoms with van der Waals surface area (Å²) in [5.74, 6) is 0.844. The zero-order valence-corrected chi connectivity index (χ0v) is 11.4. The summed E-state index contributed by atoms with van der Waals surface area (Å²) in [5, 5.41) is 0. The molecular formula is C14H28N2. The van der Waals surface area contributed by atoms with Gasteiger partial charge in [0.15, 0.2) is 0 Å². The van der Waals surface area contributed by atoms with Gasteiger partial charge in [-0.05, 0) is 70.9 Å². The number of nitrogens with zero attached hydrogens (tertiary/aromatic N) is 1. The molecule has 2 N–H and O–H groups in total. The van der Waals surface area contributed by atoms with Gasteiger partial charge in [-0.3, -0.25) is 4.90 Å². The third-order valence-corrected chi connectivity index (χ3v) is 4.91. The Morgan fingerprint density at radius 1 is 1.19 bits per heavy atom. The van der Waals surface area contributed by atoms with Crippen LogP contribution in [0, 0.1) is 11.3 Å². The Morgan fingerprint density at radius 2 is 1.75 bits per heavy atom. The quantitative estimate of drug-likeness (QED) is 0.685. The number of hydrogen-bond acceptors (Lipinski definition) is 2. The lowest BCUT2D eigenvalue weighted by molar-refractivity contribution is 0.0366. The van der Waals surface area contributed by atoms with Gasteiger partial charge in [0.05, 0.1) is 0 Å². The summed E-state index contributed by atoms with van der Waals surface area (Å²) < 4.78 is 0. The number of rotatable bonds is 0. The molecule has 94 valence electrons. The molecule has 0 radical (unpaired) electrons. The van der Waals surface area contributed by atoms with Crippen molar-refractivity contribution in [3.8, 4) is 0 Å². The molecule has 1 aliphatic carbocycles. The normalized spacial score (nSPS) is 35.8.